The van der Waals surface area contributed by atoms with Crippen LogP contribution in [-0.2, 0) is 4.74 Å². The number of aliphatic hydroxyl groups excluding tert-OH is 1. The molecule has 6 fully saturated rings. The second kappa shape index (κ2) is 6.37. The largest absolute Gasteiger partial charge is 0.393 e. The minimum Gasteiger partial charge on any atom is -0.393 e. The van der Waals surface area contributed by atoms with E-state index in [2.05, 4.69) is 48.5 Å². The summed E-state index contributed by atoms with van der Waals surface area (Å²) < 4.78 is 6.71. The first kappa shape index (κ1) is 22.4. The molecule has 10 atom stereocenters. The topological polar surface area (TPSA) is 29.5 Å². The molecular weight excluding hydrogens is 392 g/mol. The van der Waals surface area contributed by atoms with Crippen molar-refractivity contribution in [2.75, 3.05) is 6.61 Å². The van der Waals surface area contributed by atoms with Crippen molar-refractivity contribution in [2.45, 2.75) is 125 Å². The maximum absolute atomic E-state index is 10.9. The Hall–Kier alpha value is -0.0800. The van der Waals surface area contributed by atoms with Crippen LogP contribution in [0.15, 0.2) is 0 Å². The monoisotopic (exact) mass is 442 g/mol. The van der Waals surface area contributed by atoms with Crippen molar-refractivity contribution in [1.29, 1.82) is 0 Å². The van der Waals surface area contributed by atoms with Crippen LogP contribution < -0.4 is 0 Å². The van der Waals surface area contributed by atoms with Gasteiger partial charge in [-0.15, -0.1) is 0 Å². The average molecular weight is 443 g/mol. The smallest absolute Gasteiger partial charge is 0.0663 e. The van der Waals surface area contributed by atoms with E-state index in [-0.39, 0.29) is 11.5 Å². The van der Waals surface area contributed by atoms with Crippen molar-refractivity contribution in [1.82, 2.24) is 0 Å². The average Bonchev–Trinajstić information content (AvgIpc) is 3.05. The first-order valence-corrected chi connectivity index (χ1v) is 14.1. The number of rotatable bonds is 0. The van der Waals surface area contributed by atoms with Crippen molar-refractivity contribution in [3.63, 3.8) is 0 Å². The van der Waals surface area contributed by atoms with E-state index in [1.54, 1.807) is 0 Å². The zero-order chi connectivity index (χ0) is 22.9. The highest BCUT2D eigenvalue weighted by Gasteiger charge is 2.72. The van der Waals surface area contributed by atoms with E-state index in [4.69, 9.17) is 4.74 Å². The zero-order valence-electron chi connectivity index (χ0n) is 22.1. The molecule has 0 amide bonds. The third kappa shape index (κ3) is 2.41. The van der Waals surface area contributed by atoms with Crippen LogP contribution in [0.4, 0.5) is 0 Å². The van der Waals surface area contributed by atoms with Crippen LogP contribution in [0.1, 0.15) is 113 Å². The molecule has 5 saturated carbocycles. The highest BCUT2D eigenvalue weighted by Crippen LogP contribution is 2.78. The maximum atomic E-state index is 10.9. The van der Waals surface area contributed by atoms with Crippen LogP contribution in [0.2, 0.25) is 0 Å². The first-order valence-electron chi connectivity index (χ1n) is 14.1. The SMILES string of the molecule is CC1(C)CC[C@@]23CC[C@]4(C)[C@H](CC[C@@H]5[C@@]6(C)CC[C@@H](O)C(C)(C)[C@H]6CC[C@]54C)[C@@H]2[C@H]1OC3. The Bertz CT molecular complexity index is 801. The summed E-state index contributed by atoms with van der Waals surface area (Å²) in [6.07, 6.45) is 13.7. The highest BCUT2D eigenvalue weighted by molar-refractivity contribution is 5.21. The van der Waals surface area contributed by atoms with Gasteiger partial charge in [-0.2, -0.15) is 0 Å². The van der Waals surface area contributed by atoms with Gasteiger partial charge in [-0.25, -0.2) is 0 Å². The van der Waals surface area contributed by atoms with E-state index in [1.807, 2.05) is 0 Å². The maximum Gasteiger partial charge on any atom is 0.0663 e. The molecule has 0 radical (unpaired) electrons. The van der Waals surface area contributed by atoms with E-state index in [0.717, 1.165) is 30.8 Å². The molecule has 0 aromatic heterocycles. The summed E-state index contributed by atoms with van der Waals surface area (Å²) in [7, 11) is 0. The summed E-state index contributed by atoms with van der Waals surface area (Å²) in [4.78, 5) is 0. The predicted octanol–water partition coefficient (Wildman–Crippen LogP) is 7.24. The van der Waals surface area contributed by atoms with Gasteiger partial charge in [0.05, 0.1) is 18.8 Å². The molecule has 6 aliphatic rings. The lowest BCUT2D eigenvalue weighted by Gasteiger charge is -2.73. The molecule has 0 aromatic carbocycles. The zero-order valence-corrected chi connectivity index (χ0v) is 22.1. The van der Waals surface area contributed by atoms with Crippen LogP contribution in [0.25, 0.3) is 0 Å². The van der Waals surface area contributed by atoms with Gasteiger partial charge in [-0.05, 0) is 120 Å². The Kier molecular flexibility index (Phi) is 4.46. The quantitative estimate of drug-likeness (QED) is 0.428. The van der Waals surface area contributed by atoms with Crippen LogP contribution in [0, 0.1) is 56.2 Å². The summed E-state index contributed by atoms with van der Waals surface area (Å²) in [6, 6.07) is 0. The molecule has 6 rings (SSSR count). The molecule has 0 unspecified atom stereocenters. The van der Waals surface area contributed by atoms with Gasteiger partial charge in [0.25, 0.3) is 0 Å². The minimum atomic E-state index is -0.122. The molecular formula is C30H50O2. The molecule has 1 saturated heterocycles. The van der Waals surface area contributed by atoms with E-state index in [9.17, 15) is 5.11 Å². The van der Waals surface area contributed by atoms with E-state index in [0.29, 0.717) is 39.1 Å². The van der Waals surface area contributed by atoms with E-state index < -0.39 is 0 Å². The Balaban J connectivity index is 1.39. The van der Waals surface area contributed by atoms with Crippen LogP contribution in [0.3, 0.4) is 0 Å². The highest BCUT2D eigenvalue weighted by atomic mass is 16.5. The number of fused-ring (bicyclic) bond motifs is 5. The molecule has 5 aliphatic carbocycles. The van der Waals surface area contributed by atoms with Gasteiger partial charge in [0.1, 0.15) is 0 Å². The lowest BCUT2D eigenvalue weighted by Crippen LogP contribution is -2.67. The summed E-state index contributed by atoms with van der Waals surface area (Å²) in [5.74, 6) is 3.11. The predicted molar refractivity (Wildman–Crippen MR) is 130 cm³/mol. The lowest BCUT2D eigenvalue weighted by atomic mass is 9.31. The van der Waals surface area contributed by atoms with E-state index >= 15 is 0 Å². The number of aliphatic hydroxyl groups is 1. The van der Waals surface area contributed by atoms with Gasteiger partial charge in [-0.1, -0.05) is 48.5 Å². The fourth-order valence-corrected chi connectivity index (χ4v) is 12.0. The third-order valence-corrected chi connectivity index (χ3v) is 14.1. The second-order valence-corrected chi connectivity index (χ2v) is 15.7. The fourth-order valence-electron chi connectivity index (χ4n) is 12.0. The molecule has 32 heavy (non-hydrogen) atoms. The lowest BCUT2D eigenvalue weighted by molar-refractivity contribution is -0.252. The fraction of sp³-hybridized carbons (Fsp3) is 1.00. The molecule has 1 aliphatic heterocycles. The summed E-state index contributed by atoms with van der Waals surface area (Å²) >= 11 is 0. The first-order chi connectivity index (χ1) is 14.8. The third-order valence-electron chi connectivity index (χ3n) is 14.1. The summed E-state index contributed by atoms with van der Waals surface area (Å²) in [5.41, 5.74) is 2.16. The Morgan fingerprint density at radius 1 is 0.688 bits per heavy atom. The Labute approximate surface area is 197 Å². The number of hydrogen-bond donors (Lipinski definition) is 1. The normalized spacial score (nSPS) is 60.0. The van der Waals surface area contributed by atoms with Gasteiger partial charge in [-0.3, -0.25) is 0 Å². The van der Waals surface area contributed by atoms with Crippen molar-refractivity contribution in [3.8, 4) is 0 Å². The van der Waals surface area contributed by atoms with Crippen molar-refractivity contribution >= 4 is 0 Å². The van der Waals surface area contributed by atoms with Crippen molar-refractivity contribution in [3.05, 3.63) is 0 Å². The van der Waals surface area contributed by atoms with Crippen LogP contribution in [0.5, 0.6) is 0 Å². The Morgan fingerprint density at radius 3 is 2.16 bits per heavy atom. The second-order valence-electron chi connectivity index (χ2n) is 15.7. The van der Waals surface area contributed by atoms with Gasteiger partial charge in [0.15, 0.2) is 0 Å². The van der Waals surface area contributed by atoms with Gasteiger partial charge in [0, 0.05) is 0 Å². The molecule has 2 nitrogen and oxygen atoms in total. The van der Waals surface area contributed by atoms with Gasteiger partial charge in [0.2, 0.25) is 0 Å². The molecule has 1 N–H and O–H groups in total. The van der Waals surface area contributed by atoms with Crippen molar-refractivity contribution < 1.29 is 9.84 Å². The van der Waals surface area contributed by atoms with Gasteiger partial charge >= 0.3 is 0 Å². The molecule has 0 spiro atoms. The van der Waals surface area contributed by atoms with E-state index in [1.165, 1.54) is 57.8 Å². The molecule has 0 aromatic rings. The molecule has 2 heteroatoms. The Morgan fingerprint density at radius 2 is 1.41 bits per heavy atom. The number of hydrogen-bond acceptors (Lipinski definition) is 2. The molecule has 182 valence electrons. The minimum absolute atomic E-state index is 0.0586. The van der Waals surface area contributed by atoms with Gasteiger partial charge < -0.3 is 9.84 Å². The van der Waals surface area contributed by atoms with Crippen molar-refractivity contribution in [2.24, 2.45) is 56.2 Å². The standard InChI is InChI=1S/C30H50O2/c1-25(2)14-16-30-17-15-28(6)19(23(30)24(25)32-18-30)8-9-21-27(5)12-11-22(31)26(3,4)20(27)10-13-29(21,28)7/h19-24,31H,8-18H2,1-7H3/t19-,20-,21-,22-,23-,24-,27+,28-,29-,30+/m1/s1. The number of ether oxygens (including phenoxy) is 1. The van der Waals surface area contributed by atoms with Crippen LogP contribution in [-0.4, -0.2) is 23.9 Å². The van der Waals surface area contributed by atoms with Crippen LogP contribution >= 0.6 is 0 Å². The summed E-state index contributed by atoms with van der Waals surface area (Å²) in [5, 5.41) is 10.9. The molecule has 2 bridgehead atoms. The summed E-state index contributed by atoms with van der Waals surface area (Å²) in [6.45, 7) is 18.9. The molecule has 1 heterocycles.